The Kier molecular flexibility index (Phi) is 5.28. The third-order valence-corrected chi connectivity index (χ3v) is 7.01. The van der Waals surface area contributed by atoms with Crippen LogP contribution in [-0.2, 0) is 10.3 Å². The van der Waals surface area contributed by atoms with Gasteiger partial charge in [0.2, 0.25) is 5.43 Å². The standard InChI is InChI=1S/C22H26F3N3O4/c1-20(9-23,10-24)28-8-14(19(30)31)18(29)13-6-15(25)17(7-16(13)28)27-11-21(2)22(3,12-27)32-5-4-26-21/h6-8,26H,4-5,9-12H2,1-3H3,(H,30,31)/t21-,22+/m1/s1. The van der Waals surface area contributed by atoms with Crippen LogP contribution < -0.4 is 15.6 Å². The highest BCUT2D eigenvalue weighted by atomic mass is 19.1. The molecule has 10 heteroatoms. The van der Waals surface area contributed by atoms with Crippen LogP contribution in [0.1, 0.15) is 31.1 Å². The van der Waals surface area contributed by atoms with Crippen LogP contribution in [0.25, 0.3) is 10.9 Å². The van der Waals surface area contributed by atoms with E-state index >= 15 is 4.39 Å². The van der Waals surface area contributed by atoms with Crippen LogP contribution in [0.15, 0.2) is 23.1 Å². The zero-order chi connectivity index (χ0) is 23.5. The van der Waals surface area contributed by atoms with Gasteiger partial charge in [0.15, 0.2) is 0 Å². The van der Waals surface area contributed by atoms with Crippen molar-refractivity contribution in [1.29, 1.82) is 0 Å². The molecule has 32 heavy (non-hydrogen) atoms. The number of ether oxygens (including phenoxy) is 1. The monoisotopic (exact) mass is 453 g/mol. The van der Waals surface area contributed by atoms with Gasteiger partial charge in [0.25, 0.3) is 0 Å². The van der Waals surface area contributed by atoms with Crippen molar-refractivity contribution in [1.82, 2.24) is 9.88 Å². The van der Waals surface area contributed by atoms with Crippen molar-refractivity contribution >= 4 is 22.6 Å². The van der Waals surface area contributed by atoms with Gasteiger partial charge in [0.1, 0.15) is 30.3 Å². The quantitative estimate of drug-likeness (QED) is 0.724. The topological polar surface area (TPSA) is 83.8 Å². The SMILES string of the molecule is CC(CF)(CF)n1cc(C(=O)O)c(=O)c2cc(F)c(N3C[C@@]4(C)NCCO[C@@]4(C)C3)cc21. The van der Waals surface area contributed by atoms with E-state index in [1.165, 1.54) is 13.0 Å². The number of hydrogen-bond donors (Lipinski definition) is 2. The van der Waals surface area contributed by atoms with E-state index in [1.807, 2.05) is 13.8 Å². The van der Waals surface area contributed by atoms with E-state index in [0.717, 1.165) is 16.8 Å². The number of pyridine rings is 1. The fourth-order valence-electron chi connectivity index (χ4n) is 4.71. The second-order valence-corrected chi connectivity index (χ2v) is 9.33. The largest absolute Gasteiger partial charge is 0.477 e. The number of aromatic nitrogens is 1. The summed E-state index contributed by atoms with van der Waals surface area (Å²) in [6.07, 6.45) is 0.935. The number of benzene rings is 1. The fourth-order valence-corrected chi connectivity index (χ4v) is 4.71. The number of morpholine rings is 1. The zero-order valence-electron chi connectivity index (χ0n) is 18.2. The summed E-state index contributed by atoms with van der Waals surface area (Å²) in [5, 5.41) is 12.6. The van der Waals surface area contributed by atoms with Crippen LogP contribution in [0.4, 0.5) is 18.9 Å². The molecular weight excluding hydrogens is 427 g/mol. The molecule has 1 aromatic carbocycles. The lowest BCUT2D eigenvalue weighted by molar-refractivity contribution is -0.0928. The number of nitrogens with zero attached hydrogens (tertiary/aromatic N) is 2. The number of anilines is 1. The number of aromatic carboxylic acids is 1. The fraction of sp³-hybridized carbons (Fsp3) is 0.545. The van der Waals surface area contributed by atoms with Crippen molar-refractivity contribution in [3.63, 3.8) is 0 Å². The molecular formula is C22H26F3N3O4. The Balaban J connectivity index is 1.94. The maximum atomic E-state index is 15.3. The lowest BCUT2D eigenvalue weighted by Gasteiger charge is -2.44. The summed E-state index contributed by atoms with van der Waals surface area (Å²) < 4.78 is 50.1. The van der Waals surface area contributed by atoms with Gasteiger partial charge in [-0.2, -0.15) is 0 Å². The first-order valence-electron chi connectivity index (χ1n) is 10.4. The maximum absolute atomic E-state index is 15.3. The molecule has 2 fully saturated rings. The molecule has 174 valence electrons. The Morgan fingerprint density at radius 3 is 2.56 bits per heavy atom. The molecule has 2 N–H and O–H groups in total. The van der Waals surface area contributed by atoms with Gasteiger partial charge in [-0.1, -0.05) is 0 Å². The summed E-state index contributed by atoms with van der Waals surface area (Å²) in [5.74, 6) is -2.28. The minimum Gasteiger partial charge on any atom is -0.477 e. The van der Waals surface area contributed by atoms with Gasteiger partial charge in [-0.25, -0.2) is 18.0 Å². The van der Waals surface area contributed by atoms with Gasteiger partial charge in [-0.15, -0.1) is 0 Å². The summed E-state index contributed by atoms with van der Waals surface area (Å²) in [5.41, 5.74) is -4.18. The Hall–Kier alpha value is -2.59. The van der Waals surface area contributed by atoms with Crippen molar-refractivity contribution in [3.05, 3.63) is 39.9 Å². The third-order valence-electron chi connectivity index (χ3n) is 7.01. The van der Waals surface area contributed by atoms with E-state index in [2.05, 4.69) is 5.32 Å². The highest BCUT2D eigenvalue weighted by Gasteiger charge is 2.55. The van der Waals surface area contributed by atoms with Gasteiger partial charge in [-0.05, 0) is 32.9 Å². The zero-order valence-corrected chi connectivity index (χ0v) is 18.2. The van der Waals surface area contributed by atoms with Crippen LogP contribution in [0.2, 0.25) is 0 Å². The second kappa shape index (κ2) is 7.48. The van der Waals surface area contributed by atoms with Crippen LogP contribution >= 0.6 is 0 Å². The number of halogens is 3. The van der Waals surface area contributed by atoms with E-state index < -0.39 is 52.8 Å². The predicted molar refractivity (Wildman–Crippen MR) is 114 cm³/mol. The Morgan fingerprint density at radius 2 is 1.97 bits per heavy atom. The molecule has 0 radical (unpaired) electrons. The van der Waals surface area contributed by atoms with Crippen LogP contribution in [0.3, 0.4) is 0 Å². The second-order valence-electron chi connectivity index (χ2n) is 9.33. The minimum absolute atomic E-state index is 0.0632. The average Bonchev–Trinajstić information content (AvgIpc) is 3.04. The van der Waals surface area contributed by atoms with Crippen molar-refractivity contribution in [3.8, 4) is 0 Å². The smallest absolute Gasteiger partial charge is 0.341 e. The molecule has 0 bridgehead atoms. The molecule has 0 spiro atoms. The molecule has 4 rings (SSSR count). The van der Waals surface area contributed by atoms with Crippen LogP contribution in [0.5, 0.6) is 0 Å². The van der Waals surface area contributed by atoms with Crippen molar-refractivity contribution in [2.75, 3.05) is 44.5 Å². The number of carboxylic acids is 1. The normalized spacial score (nSPS) is 25.9. The van der Waals surface area contributed by atoms with Crippen LogP contribution in [0, 0.1) is 5.82 Å². The van der Waals surface area contributed by atoms with Crippen LogP contribution in [-0.4, -0.2) is 66.4 Å². The molecule has 3 heterocycles. The summed E-state index contributed by atoms with van der Waals surface area (Å²) in [6.45, 7) is 4.85. The number of hydrogen-bond acceptors (Lipinski definition) is 5. The molecule has 7 nitrogen and oxygen atoms in total. The van der Waals surface area contributed by atoms with Gasteiger partial charge in [0.05, 0.1) is 28.9 Å². The van der Waals surface area contributed by atoms with Gasteiger partial charge >= 0.3 is 5.97 Å². The Morgan fingerprint density at radius 1 is 1.28 bits per heavy atom. The number of carbonyl (C=O) groups is 1. The van der Waals surface area contributed by atoms with E-state index in [4.69, 9.17) is 4.74 Å². The summed E-state index contributed by atoms with van der Waals surface area (Å²) >= 11 is 0. The first-order valence-corrected chi connectivity index (χ1v) is 10.4. The Labute approximate surface area is 182 Å². The van der Waals surface area contributed by atoms with E-state index in [0.29, 0.717) is 26.2 Å². The van der Waals surface area contributed by atoms with E-state index in [9.17, 15) is 23.5 Å². The lowest BCUT2D eigenvalue weighted by Crippen LogP contribution is -2.64. The molecule has 0 unspecified atom stereocenters. The molecule has 0 aliphatic carbocycles. The molecule has 2 aliphatic heterocycles. The highest BCUT2D eigenvalue weighted by Crippen LogP contribution is 2.40. The van der Waals surface area contributed by atoms with Gasteiger partial charge < -0.3 is 24.6 Å². The summed E-state index contributed by atoms with van der Waals surface area (Å²) in [7, 11) is 0. The number of nitrogens with one attached hydrogen (secondary N) is 1. The lowest BCUT2D eigenvalue weighted by atomic mass is 9.84. The molecule has 2 atom stereocenters. The molecule has 2 aromatic rings. The number of alkyl halides is 2. The number of fused-ring (bicyclic) bond motifs is 2. The third kappa shape index (κ3) is 3.19. The number of rotatable bonds is 5. The van der Waals surface area contributed by atoms with Gasteiger partial charge in [0, 0.05) is 31.2 Å². The highest BCUT2D eigenvalue weighted by molar-refractivity contribution is 5.93. The molecule has 0 saturated carbocycles. The van der Waals surface area contributed by atoms with E-state index in [-0.39, 0.29) is 16.6 Å². The molecule has 2 saturated heterocycles. The minimum atomic E-state index is -1.76. The molecule has 2 aliphatic rings. The van der Waals surface area contributed by atoms with Crippen molar-refractivity contribution in [2.24, 2.45) is 0 Å². The average molecular weight is 453 g/mol. The van der Waals surface area contributed by atoms with Crippen molar-refractivity contribution in [2.45, 2.75) is 37.5 Å². The summed E-state index contributed by atoms with van der Waals surface area (Å²) in [6, 6.07) is 2.32. The molecule has 0 amide bonds. The summed E-state index contributed by atoms with van der Waals surface area (Å²) in [4.78, 5) is 26.1. The Bertz CT molecular complexity index is 1130. The first kappa shape index (κ1) is 22.6. The first-order chi connectivity index (χ1) is 15.0. The van der Waals surface area contributed by atoms with E-state index in [1.54, 1.807) is 4.90 Å². The molecule has 1 aromatic heterocycles. The maximum Gasteiger partial charge on any atom is 0.341 e. The number of carboxylic acid groups (broad SMARTS) is 1. The van der Waals surface area contributed by atoms with Crippen molar-refractivity contribution < 1.29 is 27.8 Å². The predicted octanol–water partition coefficient (Wildman–Crippen LogP) is 2.45. The van der Waals surface area contributed by atoms with Gasteiger partial charge in [-0.3, -0.25) is 4.79 Å².